The van der Waals surface area contributed by atoms with Gasteiger partial charge in [0.25, 0.3) is 0 Å². The molecule has 0 rings (SSSR count). The van der Waals surface area contributed by atoms with Gasteiger partial charge >= 0.3 is 23.9 Å². The van der Waals surface area contributed by atoms with Crippen LogP contribution < -0.4 is 0 Å². The molecule has 0 heterocycles. The lowest BCUT2D eigenvalue weighted by Gasteiger charge is -2.16. The second-order valence-electron chi connectivity index (χ2n) is 6.32. The van der Waals surface area contributed by atoms with Gasteiger partial charge in [-0.05, 0) is 20.9 Å². The molecule has 0 aromatic carbocycles. The SMILES string of the molecule is CC(OC(=O)CO)C(=O)O.COCCC(=O)OCCN(C)CCOC(=O)CCC(C)=O. The molecule has 0 saturated heterocycles. The number of nitrogens with zero attached hydrogens (tertiary/aromatic N) is 1. The Kier molecular flexibility index (Phi) is 19.2. The topological polar surface area (TPSA) is 166 Å². The Labute approximate surface area is 181 Å². The van der Waals surface area contributed by atoms with E-state index >= 15 is 0 Å². The lowest BCUT2D eigenvalue weighted by atomic mass is 10.2. The number of carboxylic acid groups (broad SMARTS) is 1. The number of ketones is 1. The second kappa shape index (κ2) is 19.4. The molecular weight excluding hydrogens is 418 g/mol. The van der Waals surface area contributed by atoms with Crippen molar-refractivity contribution in [1.82, 2.24) is 4.90 Å². The summed E-state index contributed by atoms with van der Waals surface area (Å²) in [6, 6.07) is 0. The van der Waals surface area contributed by atoms with Gasteiger partial charge in [-0.2, -0.15) is 0 Å². The highest BCUT2D eigenvalue weighted by molar-refractivity contribution is 5.81. The van der Waals surface area contributed by atoms with E-state index < -0.39 is 24.6 Å². The highest BCUT2D eigenvalue weighted by Gasteiger charge is 2.14. The minimum absolute atomic E-state index is 0.0284. The van der Waals surface area contributed by atoms with Crippen molar-refractivity contribution in [2.24, 2.45) is 0 Å². The van der Waals surface area contributed by atoms with Crippen molar-refractivity contribution in [3.63, 3.8) is 0 Å². The van der Waals surface area contributed by atoms with E-state index in [1.807, 2.05) is 11.9 Å². The van der Waals surface area contributed by atoms with Gasteiger partial charge in [0.2, 0.25) is 0 Å². The second-order valence-corrected chi connectivity index (χ2v) is 6.32. The van der Waals surface area contributed by atoms with E-state index in [-0.39, 0.29) is 50.2 Å². The van der Waals surface area contributed by atoms with Crippen molar-refractivity contribution in [2.45, 2.75) is 39.2 Å². The number of aliphatic hydroxyl groups is 1. The van der Waals surface area contributed by atoms with Crippen molar-refractivity contribution >= 4 is 29.7 Å². The van der Waals surface area contributed by atoms with Gasteiger partial charge in [0.1, 0.15) is 25.6 Å². The van der Waals surface area contributed by atoms with Crippen LogP contribution in [0.1, 0.15) is 33.1 Å². The van der Waals surface area contributed by atoms with Crippen LogP contribution in [0.4, 0.5) is 0 Å². The third-order valence-electron chi connectivity index (χ3n) is 3.45. The van der Waals surface area contributed by atoms with Crippen molar-refractivity contribution in [3.05, 3.63) is 0 Å². The molecule has 2 N–H and O–H groups in total. The minimum atomic E-state index is -1.23. The van der Waals surface area contributed by atoms with Crippen LogP contribution in [0, 0.1) is 0 Å². The maximum Gasteiger partial charge on any atom is 0.344 e. The van der Waals surface area contributed by atoms with Crippen molar-refractivity contribution in [1.29, 1.82) is 0 Å². The number of aliphatic carboxylic acids is 1. The zero-order valence-electron chi connectivity index (χ0n) is 18.5. The number of carboxylic acids is 1. The van der Waals surface area contributed by atoms with Crippen molar-refractivity contribution in [3.8, 4) is 0 Å². The number of hydrogen-bond acceptors (Lipinski definition) is 11. The maximum absolute atomic E-state index is 11.3. The molecule has 1 unspecified atom stereocenters. The third-order valence-corrected chi connectivity index (χ3v) is 3.45. The summed E-state index contributed by atoms with van der Waals surface area (Å²) >= 11 is 0. The Morgan fingerprint density at radius 2 is 1.39 bits per heavy atom. The smallest absolute Gasteiger partial charge is 0.344 e. The average Bonchev–Trinajstić information content (AvgIpc) is 2.70. The van der Waals surface area contributed by atoms with Crippen LogP contribution in [0.2, 0.25) is 0 Å². The van der Waals surface area contributed by atoms with Gasteiger partial charge in [-0.3, -0.25) is 14.5 Å². The van der Waals surface area contributed by atoms with Crippen molar-refractivity contribution < 1.29 is 53.1 Å². The number of ether oxygens (including phenoxy) is 4. The Morgan fingerprint density at radius 1 is 0.871 bits per heavy atom. The maximum atomic E-state index is 11.3. The lowest BCUT2D eigenvalue weighted by molar-refractivity contribution is -0.164. The summed E-state index contributed by atoms with van der Waals surface area (Å²) in [5.41, 5.74) is 0. The average molecular weight is 451 g/mol. The summed E-state index contributed by atoms with van der Waals surface area (Å²) in [4.78, 5) is 55.2. The van der Waals surface area contributed by atoms with E-state index in [0.29, 0.717) is 19.7 Å². The number of rotatable bonds is 15. The quantitative estimate of drug-likeness (QED) is 0.240. The number of carbonyl (C=O) groups excluding carboxylic acids is 4. The molecule has 0 radical (unpaired) electrons. The molecule has 0 aliphatic carbocycles. The summed E-state index contributed by atoms with van der Waals surface area (Å²) in [6.07, 6.45) is -0.615. The molecule has 0 saturated carbocycles. The van der Waals surface area contributed by atoms with Crippen LogP contribution >= 0.6 is 0 Å². The highest BCUT2D eigenvalue weighted by Crippen LogP contribution is 1.95. The Bertz CT molecular complexity index is 565. The Hall–Kier alpha value is -2.57. The number of aliphatic hydroxyl groups excluding tert-OH is 1. The summed E-state index contributed by atoms with van der Waals surface area (Å²) in [5.74, 6) is -2.86. The van der Waals surface area contributed by atoms with Crippen LogP contribution in [0.25, 0.3) is 0 Å². The Balaban J connectivity index is 0. The number of esters is 3. The molecule has 0 fully saturated rings. The van der Waals surface area contributed by atoms with E-state index in [1.54, 1.807) is 0 Å². The first kappa shape index (κ1) is 30.6. The molecule has 12 heteroatoms. The molecule has 1 atom stereocenters. The summed E-state index contributed by atoms with van der Waals surface area (Å²) in [7, 11) is 3.37. The van der Waals surface area contributed by atoms with E-state index in [1.165, 1.54) is 21.0 Å². The van der Waals surface area contributed by atoms with Gasteiger partial charge in [0.15, 0.2) is 6.10 Å². The number of likely N-dealkylation sites (N-methyl/N-ethyl adjacent to an activating group) is 1. The highest BCUT2D eigenvalue weighted by atomic mass is 16.6. The largest absolute Gasteiger partial charge is 0.479 e. The van der Waals surface area contributed by atoms with E-state index in [0.717, 1.165) is 0 Å². The zero-order chi connectivity index (χ0) is 24.2. The Morgan fingerprint density at radius 3 is 1.81 bits per heavy atom. The first-order valence-electron chi connectivity index (χ1n) is 9.54. The van der Waals surface area contributed by atoms with E-state index in [4.69, 9.17) is 24.4 Å². The molecule has 180 valence electrons. The number of carbonyl (C=O) groups is 5. The molecule has 0 amide bonds. The van der Waals surface area contributed by atoms with Gasteiger partial charge in [0.05, 0.1) is 19.4 Å². The third kappa shape index (κ3) is 21.9. The summed E-state index contributed by atoms with van der Waals surface area (Å²) < 4.78 is 18.9. The van der Waals surface area contributed by atoms with Gasteiger partial charge in [-0.25, -0.2) is 9.59 Å². The molecule has 0 aliphatic heterocycles. The van der Waals surface area contributed by atoms with Crippen LogP contribution in [-0.2, 0) is 42.9 Å². The van der Waals surface area contributed by atoms with Crippen molar-refractivity contribution in [2.75, 3.05) is 53.7 Å². The summed E-state index contributed by atoms with van der Waals surface area (Å²) in [5, 5.41) is 16.3. The standard InChI is InChI=1S/C14H25NO6.C5H8O5/c1-12(16)4-5-13(17)20-10-7-15(2)8-11-21-14(18)6-9-19-3;1-3(5(8)9)10-4(7)2-6/h4-11H2,1-3H3;3,6H,2H2,1H3,(H,8,9). The van der Waals surface area contributed by atoms with Gasteiger partial charge in [-0.15, -0.1) is 0 Å². The number of hydrogen-bond donors (Lipinski definition) is 2. The molecule has 0 aromatic heterocycles. The number of Topliss-reactive ketones (excluding diaryl/α,β-unsaturated/α-hetero) is 1. The molecule has 31 heavy (non-hydrogen) atoms. The fourth-order valence-electron chi connectivity index (χ4n) is 1.64. The molecule has 12 nitrogen and oxygen atoms in total. The molecular formula is C19H33NO11. The fourth-order valence-corrected chi connectivity index (χ4v) is 1.64. The molecule has 0 bridgehead atoms. The lowest BCUT2D eigenvalue weighted by Crippen LogP contribution is -2.28. The first-order chi connectivity index (χ1) is 14.5. The molecule has 0 aromatic rings. The van der Waals surface area contributed by atoms with Crippen LogP contribution in [0.5, 0.6) is 0 Å². The predicted molar refractivity (Wildman–Crippen MR) is 106 cm³/mol. The van der Waals surface area contributed by atoms with Crippen LogP contribution in [0.15, 0.2) is 0 Å². The number of methoxy groups -OCH3 is 1. The molecule has 0 aliphatic rings. The summed E-state index contributed by atoms with van der Waals surface area (Å²) in [6.45, 7) is 3.85. The zero-order valence-corrected chi connectivity index (χ0v) is 18.5. The fraction of sp³-hybridized carbons (Fsp3) is 0.737. The van der Waals surface area contributed by atoms with Gasteiger partial charge in [-0.1, -0.05) is 0 Å². The van der Waals surface area contributed by atoms with Crippen LogP contribution in [0.3, 0.4) is 0 Å². The normalized spacial score (nSPS) is 11.0. The van der Waals surface area contributed by atoms with E-state index in [9.17, 15) is 24.0 Å². The molecule has 0 spiro atoms. The van der Waals surface area contributed by atoms with Crippen LogP contribution in [-0.4, -0.2) is 105 Å². The monoisotopic (exact) mass is 451 g/mol. The predicted octanol–water partition coefficient (Wildman–Crippen LogP) is -0.595. The van der Waals surface area contributed by atoms with E-state index in [2.05, 4.69) is 4.74 Å². The minimum Gasteiger partial charge on any atom is -0.479 e. The van der Waals surface area contributed by atoms with Gasteiger partial charge in [0, 0.05) is 26.6 Å². The van der Waals surface area contributed by atoms with Gasteiger partial charge < -0.3 is 34.0 Å². The first-order valence-corrected chi connectivity index (χ1v) is 9.54.